The number of likely N-dealkylation sites (tertiary alicyclic amines) is 2. The van der Waals surface area contributed by atoms with Gasteiger partial charge in [0.15, 0.2) is 11.5 Å². The highest BCUT2D eigenvalue weighted by Gasteiger charge is 2.30. The Morgan fingerprint density at radius 3 is 2.36 bits per heavy atom. The van der Waals surface area contributed by atoms with Crippen LogP contribution in [0.3, 0.4) is 0 Å². The SMILES string of the molecule is COc1ccc(CC(=O)N2CCC(N3CCC(Oc4ccc(Cl)c(Cl)c4)CC3)CC2)cc1O. The lowest BCUT2D eigenvalue weighted by atomic mass is 9.98. The van der Waals surface area contributed by atoms with E-state index in [1.807, 2.05) is 17.0 Å². The highest BCUT2D eigenvalue weighted by Crippen LogP contribution is 2.30. The number of phenols is 1. The number of ether oxygens (including phenoxy) is 2. The number of carbonyl (C=O) groups is 1. The second-order valence-electron chi connectivity index (χ2n) is 8.72. The summed E-state index contributed by atoms with van der Waals surface area (Å²) in [5.41, 5.74) is 0.796. The molecular weight excluding hydrogens is 463 g/mol. The first-order valence-electron chi connectivity index (χ1n) is 11.4. The van der Waals surface area contributed by atoms with Crippen molar-refractivity contribution in [1.82, 2.24) is 9.80 Å². The molecule has 8 heteroatoms. The minimum absolute atomic E-state index is 0.0630. The standard InChI is InChI=1S/C25H30Cl2N2O4/c1-32-24-5-2-17(14-23(24)30)15-25(31)29-10-6-18(7-11-29)28-12-8-19(9-13-28)33-20-3-4-21(26)22(27)16-20/h2-5,14,16,18-19,30H,6-13,15H2,1H3. The molecule has 33 heavy (non-hydrogen) atoms. The number of benzene rings is 2. The first-order valence-corrected chi connectivity index (χ1v) is 12.2. The molecule has 0 atom stereocenters. The molecule has 0 spiro atoms. The Morgan fingerprint density at radius 2 is 1.73 bits per heavy atom. The van der Waals surface area contributed by atoms with E-state index in [2.05, 4.69) is 4.90 Å². The fourth-order valence-electron chi connectivity index (χ4n) is 4.71. The summed E-state index contributed by atoms with van der Waals surface area (Å²) in [5, 5.41) is 11.0. The molecule has 2 aliphatic rings. The van der Waals surface area contributed by atoms with Crippen LogP contribution >= 0.6 is 23.2 Å². The zero-order chi connectivity index (χ0) is 23.4. The zero-order valence-corrected chi connectivity index (χ0v) is 20.3. The molecule has 0 aliphatic carbocycles. The van der Waals surface area contributed by atoms with Crippen molar-refractivity contribution in [2.75, 3.05) is 33.3 Å². The summed E-state index contributed by atoms with van der Waals surface area (Å²) >= 11 is 12.1. The van der Waals surface area contributed by atoms with Crippen LogP contribution in [0.1, 0.15) is 31.2 Å². The van der Waals surface area contributed by atoms with E-state index >= 15 is 0 Å². The van der Waals surface area contributed by atoms with Gasteiger partial charge in [0, 0.05) is 38.3 Å². The molecule has 0 aromatic heterocycles. The lowest BCUT2D eigenvalue weighted by molar-refractivity contribution is -0.132. The Balaban J connectivity index is 1.21. The van der Waals surface area contributed by atoms with Gasteiger partial charge >= 0.3 is 0 Å². The average molecular weight is 493 g/mol. The van der Waals surface area contributed by atoms with Crippen LogP contribution in [0.4, 0.5) is 0 Å². The lowest BCUT2D eigenvalue weighted by Gasteiger charge is -2.41. The number of aromatic hydroxyl groups is 1. The van der Waals surface area contributed by atoms with Crippen LogP contribution in [0.25, 0.3) is 0 Å². The summed E-state index contributed by atoms with van der Waals surface area (Å²) in [5.74, 6) is 1.35. The van der Waals surface area contributed by atoms with Gasteiger partial charge in [-0.25, -0.2) is 0 Å². The van der Waals surface area contributed by atoms with Crippen LogP contribution in [0.2, 0.25) is 10.0 Å². The van der Waals surface area contributed by atoms with Gasteiger partial charge in [-0.05, 0) is 55.5 Å². The van der Waals surface area contributed by atoms with E-state index in [4.69, 9.17) is 32.7 Å². The van der Waals surface area contributed by atoms with Crippen molar-refractivity contribution in [1.29, 1.82) is 0 Å². The summed E-state index contributed by atoms with van der Waals surface area (Å²) in [6, 6.07) is 11.0. The van der Waals surface area contributed by atoms with E-state index in [0.717, 1.165) is 63.2 Å². The molecule has 6 nitrogen and oxygen atoms in total. The van der Waals surface area contributed by atoms with Crippen molar-refractivity contribution in [2.45, 2.75) is 44.2 Å². The second-order valence-corrected chi connectivity index (χ2v) is 9.54. The zero-order valence-electron chi connectivity index (χ0n) is 18.8. The number of carbonyl (C=O) groups excluding carboxylic acids is 1. The minimum Gasteiger partial charge on any atom is -0.504 e. The van der Waals surface area contributed by atoms with Gasteiger partial charge < -0.3 is 19.5 Å². The number of hydrogen-bond donors (Lipinski definition) is 1. The van der Waals surface area contributed by atoms with Crippen LogP contribution in [-0.2, 0) is 11.2 Å². The molecule has 2 aromatic rings. The average Bonchev–Trinajstić information content (AvgIpc) is 2.82. The topological polar surface area (TPSA) is 62.2 Å². The normalized spacial score (nSPS) is 18.3. The molecule has 0 saturated carbocycles. The molecule has 2 heterocycles. The van der Waals surface area contributed by atoms with Gasteiger partial charge in [0.25, 0.3) is 0 Å². The van der Waals surface area contributed by atoms with Crippen molar-refractivity contribution in [3.8, 4) is 17.2 Å². The number of methoxy groups -OCH3 is 1. The van der Waals surface area contributed by atoms with Gasteiger partial charge in [0.05, 0.1) is 23.6 Å². The fourth-order valence-corrected chi connectivity index (χ4v) is 5.00. The minimum atomic E-state index is 0.0630. The van der Waals surface area contributed by atoms with E-state index in [0.29, 0.717) is 28.3 Å². The summed E-state index contributed by atoms with van der Waals surface area (Å²) in [6.45, 7) is 3.53. The monoisotopic (exact) mass is 492 g/mol. The van der Waals surface area contributed by atoms with Crippen molar-refractivity contribution in [3.63, 3.8) is 0 Å². The van der Waals surface area contributed by atoms with Crippen LogP contribution < -0.4 is 9.47 Å². The Labute approximate surface area is 205 Å². The van der Waals surface area contributed by atoms with E-state index in [1.54, 1.807) is 24.3 Å². The Hall–Kier alpha value is -2.15. The number of nitrogens with zero attached hydrogens (tertiary/aromatic N) is 2. The van der Waals surface area contributed by atoms with Gasteiger partial charge in [-0.15, -0.1) is 0 Å². The highest BCUT2D eigenvalue weighted by atomic mass is 35.5. The van der Waals surface area contributed by atoms with E-state index in [1.165, 1.54) is 7.11 Å². The first kappa shape index (κ1) is 24.0. The maximum atomic E-state index is 12.7. The third kappa shape index (κ3) is 6.05. The Morgan fingerprint density at radius 1 is 1.00 bits per heavy atom. The molecule has 2 fully saturated rings. The molecule has 2 aliphatic heterocycles. The maximum absolute atomic E-state index is 12.7. The lowest BCUT2D eigenvalue weighted by Crippen LogP contribution is -2.50. The summed E-state index contributed by atoms with van der Waals surface area (Å²) in [6.07, 6.45) is 4.39. The van der Waals surface area contributed by atoms with E-state index in [9.17, 15) is 9.90 Å². The largest absolute Gasteiger partial charge is 0.504 e. The van der Waals surface area contributed by atoms with Gasteiger partial charge in [0.1, 0.15) is 11.9 Å². The number of halogens is 2. The quantitative estimate of drug-likeness (QED) is 0.628. The third-order valence-electron chi connectivity index (χ3n) is 6.60. The van der Waals surface area contributed by atoms with Crippen LogP contribution in [0.15, 0.2) is 36.4 Å². The van der Waals surface area contributed by atoms with Crippen molar-refractivity contribution in [2.24, 2.45) is 0 Å². The Kier molecular flexibility index (Phi) is 7.89. The molecule has 178 valence electrons. The number of hydrogen-bond acceptors (Lipinski definition) is 5. The molecule has 2 aromatic carbocycles. The van der Waals surface area contributed by atoms with Gasteiger partial charge in [-0.2, -0.15) is 0 Å². The summed E-state index contributed by atoms with van der Waals surface area (Å²) in [4.78, 5) is 17.2. The number of rotatable bonds is 6. The molecule has 4 rings (SSSR count). The predicted octanol–water partition coefficient (Wildman–Crippen LogP) is 4.78. The number of amides is 1. The Bertz CT molecular complexity index is 971. The fraction of sp³-hybridized carbons (Fsp3) is 0.480. The van der Waals surface area contributed by atoms with Gasteiger partial charge in [-0.1, -0.05) is 29.3 Å². The van der Waals surface area contributed by atoms with Crippen LogP contribution in [0, 0.1) is 0 Å². The molecule has 0 radical (unpaired) electrons. The van der Waals surface area contributed by atoms with E-state index in [-0.39, 0.29) is 17.8 Å². The van der Waals surface area contributed by atoms with Crippen molar-refractivity contribution in [3.05, 3.63) is 52.0 Å². The third-order valence-corrected chi connectivity index (χ3v) is 7.34. The molecule has 1 amide bonds. The molecule has 2 saturated heterocycles. The van der Waals surface area contributed by atoms with Crippen LogP contribution in [0.5, 0.6) is 17.2 Å². The molecule has 1 N–H and O–H groups in total. The summed E-state index contributed by atoms with van der Waals surface area (Å²) in [7, 11) is 1.51. The number of phenolic OH excluding ortho intramolecular Hbond substituents is 1. The molecular formula is C25H30Cl2N2O4. The predicted molar refractivity (Wildman–Crippen MR) is 130 cm³/mol. The van der Waals surface area contributed by atoms with Crippen molar-refractivity contribution >= 4 is 29.1 Å². The van der Waals surface area contributed by atoms with Gasteiger partial charge in [0.2, 0.25) is 5.91 Å². The number of piperidine rings is 2. The van der Waals surface area contributed by atoms with Crippen LogP contribution in [-0.4, -0.2) is 66.2 Å². The van der Waals surface area contributed by atoms with Crippen molar-refractivity contribution < 1.29 is 19.4 Å². The second kappa shape index (κ2) is 10.9. The molecule has 0 bridgehead atoms. The highest BCUT2D eigenvalue weighted by molar-refractivity contribution is 6.42. The first-order chi connectivity index (χ1) is 15.9. The smallest absolute Gasteiger partial charge is 0.226 e. The maximum Gasteiger partial charge on any atom is 0.226 e. The summed E-state index contributed by atoms with van der Waals surface area (Å²) < 4.78 is 11.2. The molecule has 0 unspecified atom stereocenters. The van der Waals surface area contributed by atoms with E-state index < -0.39 is 0 Å². The van der Waals surface area contributed by atoms with Gasteiger partial charge in [-0.3, -0.25) is 9.69 Å².